The van der Waals surface area contributed by atoms with Crippen molar-refractivity contribution >= 4 is 23.2 Å². The van der Waals surface area contributed by atoms with Crippen LogP contribution in [0.5, 0.6) is 5.75 Å². The lowest BCUT2D eigenvalue weighted by molar-refractivity contribution is 0.102. The Bertz CT molecular complexity index is 811. The van der Waals surface area contributed by atoms with Gasteiger partial charge >= 0.3 is 0 Å². The molecule has 114 valence electrons. The summed E-state index contributed by atoms with van der Waals surface area (Å²) in [5.74, 6) is 0.452. The first-order valence-electron chi connectivity index (χ1n) is 6.86. The van der Waals surface area contributed by atoms with Crippen molar-refractivity contribution in [3.05, 3.63) is 57.0 Å². The van der Waals surface area contributed by atoms with Crippen molar-refractivity contribution in [2.24, 2.45) is 0 Å². The third kappa shape index (κ3) is 2.99. The van der Waals surface area contributed by atoms with Crippen LogP contribution in [0.4, 0.5) is 5.69 Å². The predicted octanol–water partition coefficient (Wildman–Crippen LogP) is 2.99. The van der Waals surface area contributed by atoms with Crippen molar-refractivity contribution < 1.29 is 9.53 Å². The lowest BCUT2D eigenvalue weighted by Crippen LogP contribution is -2.24. The van der Waals surface area contributed by atoms with Crippen LogP contribution in [-0.2, 0) is 6.42 Å². The number of aromatic nitrogens is 1. The van der Waals surface area contributed by atoms with Gasteiger partial charge in [-0.3, -0.25) is 9.59 Å². The quantitative estimate of drug-likeness (QED) is 0.836. The van der Waals surface area contributed by atoms with Gasteiger partial charge in [-0.1, -0.05) is 11.6 Å². The van der Waals surface area contributed by atoms with Gasteiger partial charge in [0, 0.05) is 29.3 Å². The second-order valence-electron chi connectivity index (χ2n) is 5.90. The molecule has 1 amide bonds. The number of halogens is 1. The Kier molecular flexibility index (Phi) is 3.45. The zero-order chi connectivity index (χ0) is 15.9. The Balaban J connectivity index is 1.82. The smallest absolute Gasteiger partial charge is 0.255 e. The van der Waals surface area contributed by atoms with Gasteiger partial charge in [0.05, 0.1) is 0 Å². The molecule has 0 radical (unpaired) electrons. The Morgan fingerprint density at radius 1 is 1.32 bits per heavy atom. The number of H-pyrrole nitrogens is 1. The number of benzene rings is 1. The third-order valence-corrected chi connectivity index (χ3v) is 3.60. The number of nitrogens with one attached hydrogen (secondary N) is 2. The van der Waals surface area contributed by atoms with Gasteiger partial charge < -0.3 is 15.0 Å². The number of anilines is 1. The molecule has 1 aliphatic rings. The number of ether oxygens (including phenoxy) is 1. The summed E-state index contributed by atoms with van der Waals surface area (Å²) in [7, 11) is 0. The summed E-state index contributed by atoms with van der Waals surface area (Å²) in [6, 6.07) is 8.12. The van der Waals surface area contributed by atoms with Gasteiger partial charge in [-0.05, 0) is 38.1 Å². The molecule has 1 aromatic carbocycles. The Hall–Kier alpha value is -2.27. The van der Waals surface area contributed by atoms with Crippen molar-refractivity contribution in [3.8, 4) is 5.75 Å². The minimum Gasteiger partial charge on any atom is -0.487 e. The monoisotopic (exact) mass is 318 g/mol. The van der Waals surface area contributed by atoms with Crippen molar-refractivity contribution in [2.75, 3.05) is 5.32 Å². The van der Waals surface area contributed by atoms with E-state index >= 15 is 0 Å². The van der Waals surface area contributed by atoms with Crippen LogP contribution < -0.4 is 15.6 Å². The van der Waals surface area contributed by atoms with E-state index in [0.29, 0.717) is 5.69 Å². The molecule has 1 aliphatic heterocycles. The van der Waals surface area contributed by atoms with E-state index < -0.39 is 5.56 Å². The SMILES string of the molecule is CC1(C)Cc2cc(NC(=O)c3cc(Cl)[nH]c(=O)c3)ccc2O1. The van der Waals surface area contributed by atoms with E-state index in [1.54, 1.807) is 6.07 Å². The molecule has 2 N–H and O–H groups in total. The Morgan fingerprint density at radius 2 is 2.09 bits per heavy atom. The van der Waals surface area contributed by atoms with Gasteiger partial charge in [-0.15, -0.1) is 0 Å². The van der Waals surface area contributed by atoms with E-state index in [1.807, 2.05) is 26.0 Å². The summed E-state index contributed by atoms with van der Waals surface area (Å²) >= 11 is 5.75. The highest BCUT2D eigenvalue weighted by Gasteiger charge is 2.30. The molecule has 0 saturated carbocycles. The number of hydrogen-bond donors (Lipinski definition) is 2. The predicted molar refractivity (Wildman–Crippen MR) is 84.9 cm³/mol. The van der Waals surface area contributed by atoms with Crippen LogP contribution in [0.15, 0.2) is 35.1 Å². The number of pyridine rings is 1. The molecule has 22 heavy (non-hydrogen) atoms. The maximum absolute atomic E-state index is 12.2. The van der Waals surface area contributed by atoms with E-state index in [0.717, 1.165) is 17.7 Å². The molecular weight excluding hydrogens is 304 g/mol. The maximum atomic E-state index is 12.2. The summed E-state index contributed by atoms with van der Waals surface area (Å²) < 4.78 is 5.79. The standard InChI is InChI=1S/C16H15ClN2O3/c1-16(2)8-10-5-11(3-4-12(10)22-16)18-15(21)9-6-13(17)19-14(20)7-9/h3-7H,8H2,1-2H3,(H,18,21)(H,19,20). The average Bonchev–Trinajstić information content (AvgIpc) is 2.70. The van der Waals surface area contributed by atoms with Crippen LogP contribution in [-0.4, -0.2) is 16.5 Å². The highest BCUT2D eigenvalue weighted by molar-refractivity contribution is 6.29. The summed E-state index contributed by atoms with van der Waals surface area (Å²) in [4.78, 5) is 25.9. The third-order valence-electron chi connectivity index (χ3n) is 3.39. The first-order valence-corrected chi connectivity index (χ1v) is 7.23. The molecule has 3 rings (SSSR count). The van der Waals surface area contributed by atoms with Crippen LogP contribution in [0.3, 0.4) is 0 Å². The number of carbonyl (C=O) groups excluding carboxylic acids is 1. The molecule has 1 aromatic heterocycles. The van der Waals surface area contributed by atoms with Crippen LogP contribution in [0, 0.1) is 0 Å². The summed E-state index contributed by atoms with van der Waals surface area (Å²) in [5.41, 5.74) is 1.27. The zero-order valence-electron chi connectivity index (χ0n) is 12.2. The number of hydrogen-bond acceptors (Lipinski definition) is 3. The molecule has 0 unspecified atom stereocenters. The van der Waals surface area contributed by atoms with E-state index in [2.05, 4.69) is 10.3 Å². The first kappa shape index (κ1) is 14.7. The fraction of sp³-hybridized carbons (Fsp3) is 0.250. The number of carbonyl (C=O) groups is 1. The molecule has 2 heterocycles. The number of rotatable bonds is 2. The largest absolute Gasteiger partial charge is 0.487 e. The maximum Gasteiger partial charge on any atom is 0.255 e. The first-order chi connectivity index (χ1) is 10.3. The molecule has 0 bridgehead atoms. The molecule has 0 aliphatic carbocycles. The van der Waals surface area contributed by atoms with E-state index in [1.165, 1.54) is 12.1 Å². The minimum atomic E-state index is -0.415. The van der Waals surface area contributed by atoms with E-state index in [9.17, 15) is 9.59 Å². The normalized spacial score (nSPS) is 15.0. The molecule has 0 atom stereocenters. The summed E-state index contributed by atoms with van der Waals surface area (Å²) in [5, 5.41) is 2.89. The minimum absolute atomic E-state index is 0.127. The van der Waals surface area contributed by atoms with E-state index in [-0.39, 0.29) is 22.2 Å². The molecule has 0 saturated heterocycles. The van der Waals surface area contributed by atoms with Crippen molar-refractivity contribution in [1.29, 1.82) is 0 Å². The van der Waals surface area contributed by atoms with Crippen LogP contribution >= 0.6 is 11.6 Å². The molecular formula is C16H15ClN2O3. The zero-order valence-corrected chi connectivity index (χ0v) is 13.0. The molecule has 6 heteroatoms. The van der Waals surface area contributed by atoms with Crippen molar-refractivity contribution in [3.63, 3.8) is 0 Å². The van der Waals surface area contributed by atoms with Crippen molar-refractivity contribution in [2.45, 2.75) is 25.9 Å². The molecule has 0 fully saturated rings. The summed E-state index contributed by atoms with van der Waals surface area (Å²) in [6.07, 6.45) is 0.781. The Labute approximate surface area is 132 Å². The van der Waals surface area contributed by atoms with Crippen molar-refractivity contribution in [1.82, 2.24) is 4.98 Å². The fourth-order valence-electron chi connectivity index (χ4n) is 2.53. The molecule has 5 nitrogen and oxygen atoms in total. The van der Waals surface area contributed by atoms with Gasteiger partial charge in [0.2, 0.25) is 5.56 Å². The topological polar surface area (TPSA) is 71.2 Å². The second-order valence-corrected chi connectivity index (χ2v) is 6.30. The highest BCUT2D eigenvalue weighted by atomic mass is 35.5. The number of amides is 1. The lowest BCUT2D eigenvalue weighted by Gasteiger charge is -2.16. The second kappa shape index (κ2) is 5.18. The van der Waals surface area contributed by atoms with Crippen LogP contribution in [0.25, 0.3) is 0 Å². The summed E-state index contributed by atoms with van der Waals surface area (Å²) in [6.45, 7) is 4.03. The van der Waals surface area contributed by atoms with Gasteiger partial charge in [-0.2, -0.15) is 0 Å². The van der Waals surface area contributed by atoms with E-state index in [4.69, 9.17) is 16.3 Å². The molecule has 2 aromatic rings. The van der Waals surface area contributed by atoms with Gasteiger partial charge in [-0.25, -0.2) is 0 Å². The Morgan fingerprint density at radius 3 is 2.82 bits per heavy atom. The lowest BCUT2D eigenvalue weighted by atomic mass is 10.0. The number of aromatic amines is 1. The number of fused-ring (bicyclic) bond motifs is 1. The van der Waals surface area contributed by atoms with Crippen LogP contribution in [0.2, 0.25) is 5.15 Å². The van der Waals surface area contributed by atoms with Gasteiger partial charge in [0.1, 0.15) is 16.5 Å². The van der Waals surface area contributed by atoms with Crippen LogP contribution in [0.1, 0.15) is 29.8 Å². The molecule has 0 spiro atoms. The van der Waals surface area contributed by atoms with Gasteiger partial charge in [0.25, 0.3) is 5.91 Å². The highest BCUT2D eigenvalue weighted by Crippen LogP contribution is 2.36. The van der Waals surface area contributed by atoms with Gasteiger partial charge in [0.15, 0.2) is 0 Å². The average molecular weight is 319 g/mol. The fourth-order valence-corrected chi connectivity index (χ4v) is 2.74.